The lowest BCUT2D eigenvalue weighted by molar-refractivity contribution is 0.0114. The van der Waals surface area contributed by atoms with Crippen LogP contribution >= 0.6 is 11.6 Å². The molecule has 2 heterocycles. The molecular weight excluding hydrogens is 329 g/mol. The number of aromatic nitrogens is 1. The van der Waals surface area contributed by atoms with Crippen LogP contribution in [0.5, 0.6) is 0 Å². The number of rotatable bonds is 3. The second kappa shape index (κ2) is 6.95. The molecule has 3 rings (SSSR count). The van der Waals surface area contributed by atoms with Crippen molar-refractivity contribution in [1.29, 1.82) is 0 Å². The second-order valence-corrected chi connectivity index (χ2v) is 6.75. The number of halogens is 2. The van der Waals surface area contributed by atoms with Gasteiger partial charge < -0.3 is 15.4 Å². The van der Waals surface area contributed by atoms with E-state index in [9.17, 15) is 4.39 Å². The molecule has 4 nitrogen and oxygen atoms in total. The van der Waals surface area contributed by atoms with Gasteiger partial charge in [-0.25, -0.2) is 4.98 Å². The molecule has 2 N–H and O–H groups in total. The van der Waals surface area contributed by atoms with Gasteiger partial charge in [-0.05, 0) is 29.7 Å². The SMILES string of the molecule is CC(C)[C@H]1CN(c2ccc(-c3cc(Cl)c(N)nc3F)cc2)CCO1. The maximum atomic E-state index is 14.0. The van der Waals surface area contributed by atoms with Gasteiger partial charge in [-0.3, -0.25) is 0 Å². The van der Waals surface area contributed by atoms with Crippen LogP contribution < -0.4 is 10.6 Å². The van der Waals surface area contributed by atoms with Gasteiger partial charge in [0.2, 0.25) is 5.95 Å². The molecule has 0 amide bonds. The van der Waals surface area contributed by atoms with Crippen LogP contribution in [0.15, 0.2) is 30.3 Å². The van der Waals surface area contributed by atoms with Crippen molar-refractivity contribution in [2.24, 2.45) is 5.92 Å². The predicted molar refractivity (Wildman–Crippen MR) is 95.8 cm³/mol. The molecule has 0 saturated carbocycles. The third-order valence-corrected chi connectivity index (χ3v) is 4.64. The van der Waals surface area contributed by atoms with Crippen LogP contribution in [0.4, 0.5) is 15.9 Å². The lowest BCUT2D eigenvalue weighted by Crippen LogP contribution is -2.44. The standard InChI is InChI=1S/C18H21ClFN3O/c1-11(2)16-10-23(7-8-24-16)13-5-3-12(4-6-13)14-9-15(19)18(21)22-17(14)20/h3-6,9,11,16H,7-8,10H2,1-2H3,(H2,21,22)/t16-/m1/s1. The van der Waals surface area contributed by atoms with Crippen LogP contribution in [-0.4, -0.2) is 30.8 Å². The Morgan fingerprint density at radius 3 is 2.71 bits per heavy atom. The van der Waals surface area contributed by atoms with Gasteiger partial charge in [0.15, 0.2) is 0 Å². The molecule has 1 aromatic carbocycles. The van der Waals surface area contributed by atoms with Crippen molar-refractivity contribution in [3.63, 3.8) is 0 Å². The summed E-state index contributed by atoms with van der Waals surface area (Å²) in [5, 5.41) is 0.253. The van der Waals surface area contributed by atoms with E-state index in [0.717, 1.165) is 30.9 Å². The number of nitrogens with zero attached hydrogens (tertiary/aromatic N) is 2. The fourth-order valence-electron chi connectivity index (χ4n) is 2.85. The first-order valence-electron chi connectivity index (χ1n) is 8.04. The molecule has 1 aromatic heterocycles. The molecule has 6 heteroatoms. The number of hydrogen-bond acceptors (Lipinski definition) is 4. The van der Waals surface area contributed by atoms with Crippen LogP contribution in [0, 0.1) is 11.9 Å². The number of nitrogen functional groups attached to an aromatic ring is 1. The Balaban J connectivity index is 1.82. The third kappa shape index (κ3) is 3.47. The highest BCUT2D eigenvalue weighted by atomic mass is 35.5. The molecule has 0 aliphatic carbocycles. The Labute approximate surface area is 146 Å². The van der Waals surface area contributed by atoms with E-state index in [-0.39, 0.29) is 16.9 Å². The van der Waals surface area contributed by atoms with Crippen LogP contribution in [0.3, 0.4) is 0 Å². The molecule has 1 aliphatic heterocycles. The normalized spacial score (nSPS) is 18.2. The van der Waals surface area contributed by atoms with E-state index in [4.69, 9.17) is 22.1 Å². The van der Waals surface area contributed by atoms with Gasteiger partial charge in [-0.2, -0.15) is 4.39 Å². The minimum absolute atomic E-state index is 0.00239. The number of anilines is 2. The Morgan fingerprint density at radius 1 is 1.33 bits per heavy atom. The van der Waals surface area contributed by atoms with Crippen molar-refractivity contribution in [2.75, 3.05) is 30.3 Å². The average molecular weight is 350 g/mol. The maximum absolute atomic E-state index is 14.0. The van der Waals surface area contributed by atoms with Crippen molar-refractivity contribution < 1.29 is 9.13 Å². The molecule has 0 radical (unpaired) electrons. The summed E-state index contributed by atoms with van der Waals surface area (Å²) in [5.41, 5.74) is 7.70. The second-order valence-electron chi connectivity index (χ2n) is 6.34. The van der Waals surface area contributed by atoms with Crippen LogP contribution in [0.2, 0.25) is 5.02 Å². The number of nitrogens with two attached hydrogens (primary N) is 1. The third-order valence-electron chi connectivity index (χ3n) is 4.34. The fraction of sp³-hybridized carbons (Fsp3) is 0.389. The first kappa shape index (κ1) is 17.0. The smallest absolute Gasteiger partial charge is 0.222 e. The van der Waals surface area contributed by atoms with Crippen LogP contribution in [0.25, 0.3) is 11.1 Å². The van der Waals surface area contributed by atoms with E-state index in [0.29, 0.717) is 11.5 Å². The molecular formula is C18H21ClFN3O. The average Bonchev–Trinajstić information content (AvgIpc) is 2.58. The van der Waals surface area contributed by atoms with Crippen molar-refractivity contribution in [2.45, 2.75) is 20.0 Å². The Kier molecular flexibility index (Phi) is 4.92. The van der Waals surface area contributed by atoms with E-state index in [1.807, 2.05) is 24.3 Å². The first-order valence-corrected chi connectivity index (χ1v) is 8.42. The minimum Gasteiger partial charge on any atom is -0.382 e. The van der Waals surface area contributed by atoms with Gasteiger partial charge >= 0.3 is 0 Å². The zero-order valence-corrected chi connectivity index (χ0v) is 14.6. The van der Waals surface area contributed by atoms with Crippen LogP contribution in [0.1, 0.15) is 13.8 Å². The largest absolute Gasteiger partial charge is 0.382 e. The molecule has 1 aliphatic rings. The van der Waals surface area contributed by atoms with Crippen LogP contribution in [-0.2, 0) is 4.74 Å². The Hall–Kier alpha value is -1.85. The van der Waals surface area contributed by atoms with Crippen molar-refractivity contribution in [1.82, 2.24) is 4.98 Å². The molecule has 0 bridgehead atoms. The minimum atomic E-state index is -0.615. The van der Waals surface area contributed by atoms with Gasteiger partial charge in [0.25, 0.3) is 0 Å². The topological polar surface area (TPSA) is 51.4 Å². The molecule has 24 heavy (non-hydrogen) atoms. The number of benzene rings is 1. The Bertz CT molecular complexity index is 721. The molecule has 1 saturated heterocycles. The van der Waals surface area contributed by atoms with Gasteiger partial charge in [0.1, 0.15) is 5.82 Å². The van der Waals surface area contributed by atoms with Crippen molar-refractivity contribution >= 4 is 23.1 Å². The van der Waals surface area contributed by atoms with E-state index >= 15 is 0 Å². The summed E-state index contributed by atoms with van der Waals surface area (Å²) in [7, 11) is 0. The first-order chi connectivity index (χ1) is 11.5. The number of morpholine rings is 1. The number of hydrogen-bond donors (Lipinski definition) is 1. The number of ether oxygens (including phenoxy) is 1. The highest BCUT2D eigenvalue weighted by molar-refractivity contribution is 6.33. The number of pyridine rings is 1. The maximum Gasteiger partial charge on any atom is 0.222 e. The summed E-state index contributed by atoms with van der Waals surface area (Å²) in [4.78, 5) is 5.94. The van der Waals surface area contributed by atoms with Gasteiger partial charge in [0.05, 0.1) is 17.7 Å². The lowest BCUT2D eigenvalue weighted by Gasteiger charge is -2.36. The zero-order valence-electron chi connectivity index (χ0n) is 13.8. The van der Waals surface area contributed by atoms with E-state index in [1.54, 1.807) is 0 Å². The van der Waals surface area contributed by atoms with E-state index in [1.165, 1.54) is 6.07 Å². The van der Waals surface area contributed by atoms with Crippen molar-refractivity contribution in [3.05, 3.63) is 41.3 Å². The summed E-state index contributed by atoms with van der Waals surface area (Å²) >= 11 is 5.96. The highest BCUT2D eigenvalue weighted by Crippen LogP contribution is 2.30. The van der Waals surface area contributed by atoms with Gasteiger partial charge in [-0.1, -0.05) is 37.6 Å². The molecule has 0 spiro atoms. The summed E-state index contributed by atoms with van der Waals surface area (Å²) in [6.07, 6.45) is 0.232. The highest BCUT2D eigenvalue weighted by Gasteiger charge is 2.23. The van der Waals surface area contributed by atoms with E-state index in [2.05, 4.69) is 23.7 Å². The van der Waals surface area contributed by atoms with E-state index < -0.39 is 5.95 Å². The van der Waals surface area contributed by atoms with Crippen molar-refractivity contribution in [3.8, 4) is 11.1 Å². The summed E-state index contributed by atoms with van der Waals surface area (Å²) in [6.45, 7) is 6.76. The molecule has 0 unspecified atom stereocenters. The summed E-state index contributed by atoms with van der Waals surface area (Å²) < 4.78 is 19.8. The lowest BCUT2D eigenvalue weighted by atomic mass is 10.0. The quantitative estimate of drug-likeness (QED) is 0.851. The molecule has 1 fully saturated rings. The monoisotopic (exact) mass is 349 g/mol. The fourth-order valence-corrected chi connectivity index (χ4v) is 3.00. The van der Waals surface area contributed by atoms with Gasteiger partial charge in [-0.15, -0.1) is 0 Å². The summed E-state index contributed by atoms with van der Waals surface area (Å²) in [5.74, 6) is -0.136. The summed E-state index contributed by atoms with van der Waals surface area (Å²) in [6, 6.07) is 9.24. The molecule has 1 atom stereocenters. The predicted octanol–water partition coefficient (Wildman–Crippen LogP) is 3.98. The molecule has 128 valence electrons. The zero-order chi connectivity index (χ0) is 17.3. The Morgan fingerprint density at radius 2 is 2.04 bits per heavy atom. The molecule has 2 aromatic rings. The van der Waals surface area contributed by atoms with Gasteiger partial charge in [0, 0.05) is 24.3 Å².